The van der Waals surface area contributed by atoms with Crippen molar-refractivity contribution < 1.29 is 23.1 Å². The molecule has 0 radical (unpaired) electrons. The van der Waals surface area contributed by atoms with Gasteiger partial charge in [0.1, 0.15) is 6.07 Å². The van der Waals surface area contributed by atoms with Crippen LogP contribution >= 0.6 is 0 Å². The Bertz CT molecular complexity index is 1390. The number of imidazole rings is 1. The Morgan fingerprint density at radius 2 is 1.74 bits per heavy atom. The van der Waals surface area contributed by atoms with E-state index >= 15 is 0 Å². The Labute approximate surface area is 189 Å². The SMILES string of the molecule is Cn1c(=O)c2c(nc(N3CCNCC3)n2-c2ccccc2C#N)n(C)c1=O.O=C(O)C(F)(F)F. The molecule has 1 aliphatic heterocycles. The molecule has 3 aromatic rings. The number of alkyl halides is 3. The second kappa shape index (κ2) is 9.40. The quantitative estimate of drug-likeness (QED) is 0.537. The number of piperazine rings is 1. The number of carbonyl (C=O) groups is 1. The number of benzene rings is 1. The molecule has 1 aromatic carbocycles. The number of rotatable bonds is 2. The third-order valence-corrected chi connectivity index (χ3v) is 5.15. The van der Waals surface area contributed by atoms with E-state index in [1.807, 2.05) is 6.07 Å². The van der Waals surface area contributed by atoms with E-state index in [4.69, 9.17) is 9.90 Å². The number of nitriles is 1. The summed E-state index contributed by atoms with van der Waals surface area (Å²) in [6, 6.07) is 9.27. The minimum Gasteiger partial charge on any atom is -0.475 e. The number of para-hydroxylation sites is 1. The van der Waals surface area contributed by atoms with E-state index < -0.39 is 23.4 Å². The molecule has 0 unspecified atom stereocenters. The Balaban J connectivity index is 0.000000406. The smallest absolute Gasteiger partial charge is 0.475 e. The zero-order valence-electron chi connectivity index (χ0n) is 18.1. The number of hydrogen-bond acceptors (Lipinski definition) is 7. The lowest BCUT2D eigenvalue weighted by atomic mass is 10.2. The Morgan fingerprint density at radius 3 is 2.29 bits per heavy atom. The van der Waals surface area contributed by atoms with E-state index in [1.54, 1.807) is 29.8 Å². The number of carboxylic acids is 1. The average molecular weight is 479 g/mol. The van der Waals surface area contributed by atoms with Crippen LogP contribution in [0.2, 0.25) is 0 Å². The number of nitrogens with zero attached hydrogens (tertiary/aromatic N) is 6. The van der Waals surface area contributed by atoms with Gasteiger partial charge in [0.2, 0.25) is 5.95 Å². The van der Waals surface area contributed by atoms with Gasteiger partial charge in [0.15, 0.2) is 11.2 Å². The molecule has 0 amide bonds. The van der Waals surface area contributed by atoms with Crippen LogP contribution in [0, 0.1) is 11.3 Å². The summed E-state index contributed by atoms with van der Waals surface area (Å²) in [4.78, 5) is 40.9. The van der Waals surface area contributed by atoms with Gasteiger partial charge in [0.25, 0.3) is 5.56 Å². The Hall–Kier alpha value is -4.12. The van der Waals surface area contributed by atoms with Crippen LogP contribution in [0.4, 0.5) is 19.1 Å². The van der Waals surface area contributed by atoms with E-state index in [2.05, 4.69) is 21.3 Å². The minimum absolute atomic E-state index is 0.288. The van der Waals surface area contributed by atoms with Crippen molar-refractivity contribution in [2.45, 2.75) is 6.18 Å². The average Bonchev–Trinajstić information content (AvgIpc) is 3.22. The highest BCUT2D eigenvalue weighted by molar-refractivity contribution is 5.79. The van der Waals surface area contributed by atoms with Crippen LogP contribution in [0.3, 0.4) is 0 Å². The van der Waals surface area contributed by atoms with Crippen molar-refractivity contribution in [1.82, 2.24) is 24.0 Å². The minimum atomic E-state index is -5.08. The summed E-state index contributed by atoms with van der Waals surface area (Å²) < 4.78 is 35.9. The fourth-order valence-corrected chi connectivity index (χ4v) is 3.45. The van der Waals surface area contributed by atoms with Crippen LogP contribution < -0.4 is 21.5 Å². The van der Waals surface area contributed by atoms with Crippen LogP contribution in [-0.2, 0) is 18.9 Å². The lowest BCUT2D eigenvalue weighted by Crippen LogP contribution is -2.44. The molecule has 0 aliphatic carbocycles. The topological polar surface area (TPSA) is 138 Å². The Kier molecular flexibility index (Phi) is 6.78. The first-order chi connectivity index (χ1) is 16.0. The third kappa shape index (κ3) is 4.50. The molecule has 180 valence electrons. The number of anilines is 1. The van der Waals surface area contributed by atoms with E-state index in [-0.39, 0.29) is 5.52 Å². The van der Waals surface area contributed by atoms with Crippen LogP contribution in [-0.4, -0.2) is 62.1 Å². The largest absolute Gasteiger partial charge is 0.490 e. The molecule has 1 aliphatic rings. The first-order valence-electron chi connectivity index (χ1n) is 9.92. The number of aryl methyl sites for hydroxylation is 1. The normalized spacial score (nSPS) is 13.8. The number of hydrogen-bond donors (Lipinski definition) is 2. The molecule has 4 rings (SSSR count). The second-order valence-electron chi connectivity index (χ2n) is 7.29. The molecular weight excluding hydrogens is 459 g/mol. The van der Waals surface area contributed by atoms with E-state index in [0.717, 1.165) is 17.7 Å². The summed E-state index contributed by atoms with van der Waals surface area (Å²) in [7, 11) is 3.04. The molecule has 1 saturated heterocycles. The molecule has 11 nitrogen and oxygen atoms in total. The van der Waals surface area contributed by atoms with E-state index in [9.17, 15) is 28.0 Å². The molecule has 14 heteroatoms. The monoisotopic (exact) mass is 479 g/mol. The molecule has 0 saturated carbocycles. The number of fused-ring (bicyclic) bond motifs is 1. The van der Waals surface area contributed by atoms with Gasteiger partial charge in [-0.05, 0) is 12.1 Å². The predicted octanol–water partition coefficient (Wildman–Crippen LogP) is 0.337. The molecule has 2 N–H and O–H groups in total. The van der Waals surface area contributed by atoms with Gasteiger partial charge in [-0.15, -0.1) is 0 Å². The number of aliphatic carboxylic acids is 1. The van der Waals surface area contributed by atoms with E-state index in [1.165, 1.54) is 11.6 Å². The number of nitrogens with one attached hydrogen (secondary N) is 1. The number of aromatic nitrogens is 4. The maximum absolute atomic E-state index is 13.0. The summed E-state index contributed by atoms with van der Waals surface area (Å²) in [6.07, 6.45) is -5.08. The molecule has 34 heavy (non-hydrogen) atoms. The molecular formula is C20H20F3N7O4. The molecule has 0 spiro atoms. The van der Waals surface area contributed by atoms with Crippen molar-refractivity contribution >= 4 is 23.1 Å². The predicted molar refractivity (Wildman–Crippen MR) is 115 cm³/mol. The molecule has 1 fully saturated rings. The Morgan fingerprint density at radius 1 is 1.15 bits per heavy atom. The molecule has 0 bridgehead atoms. The third-order valence-electron chi connectivity index (χ3n) is 5.15. The van der Waals surface area contributed by atoms with Crippen molar-refractivity contribution in [1.29, 1.82) is 5.26 Å². The summed E-state index contributed by atoms with van der Waals surface area (Å²) in [5.74, 6) is -2.19. The van der Waals surface area contributed by atoms with Gasteiger partial charge in [-0.3, -0.25) is 18.5 Å². The zero-order chi connectivity index (χ0) is 25.2. The molecule has 2 aromatic heterocycles. The van der Waals surface area contributed by atoms with Gasteiger partial charge in [0, 0.05) is 40.3 Å². The van der Waals surface area contributed by atoms with Crippen LogP contribution in [0.5, 0.6) is 0 Å². The molecule has 3 heterocycles. The fraction of sp³-hybridized carbons (Fsp3) is 0.350. The maximum Gasteiger partial charge on any atom is 0.490 e. The highest BCUT2D eigenvalue weighted by Crippen LogP contribution is 2.27. The summed E-state index contributed by atoms with van der Waals surface area (Å²) in [6.45, 7) is 3.01. The van der Waals surface area contributed by atoms with Gasteiger partial charge in [0.05, 0.1) is 11.3 Å². The maximum atomic E-state index is 13.0. The van der Waals surface area contributed by atoms with Crippen LogP contribution in [0.1, 0.15) is 5.56 Å². The van der Waals surface area contributed by atoms with Crippen molar-refractivity contribution in [3.8, 4) is 11.8 Å². The first kappa shape index (κ1) is 24.5. The van der Waals surface area contributed by atoms with Crippen LogP contribution in [0.25, 0.3) is 16.9 Å². The lowest BCUT2D eigenvalue weighted by molar-refractivity contribution is -0.192. The number of carboxylic acid groups (broad SMARTS) is 1. The van der Waals surface area contributed by atoms with Crippen molar-refractivity contribution in [3.63, 3.8) is 0 Å². The summed E-state index contributed by atoms with van der Waals surface area (Å²) >= 11 is 0. The van der Waals surface area contributed by atoms with Gasteiger partial charge in [-0.1, -0.05) is 12.1 Å². The lowest BCUT2D eigenvalue weighted by Gasteiger charge is -2.28. The first-order valence-corrected chi connectivity index (χ1v) is 9.92. The zero-order valence-corrected chi connectivity index (χ0v) is 18.1. The van der Waals surface area contributed by atoms with Crippen molar-refractivity contribution in [3.05, 3.63) is 50.7 Å². The van der Waals surface area contributed by atoms with Crippen molar-refractivity contribution in [2.24, 2.45) is 14.1 Å². The fourth-order valence-electron chi connectivity index (χ4n) is 3.45. The van der Waals surface area contributed by atoms with Crippen LogP contribution in [0.15, 0.2) is 33.9 Å². The summed E-state index contributed by atoms with van der Waals surface area (Å²) in [5, 5.41) is 20.0. The van der Waals surface area contributed by atoms with Gasteiger partial charge >= 0.3 is 17.8 Å². The van der Waals surface area contributed by atoms with Gasteiger partial charge in [-0.25, -0.2) is 9.59 Å². The highest BCUT2D eigenvalue weighted by Gasteiger charge is 2.38. The molecule has 0 atom stereocenters. The standard InChI is InChI=1S/C18H19N7O2.C2HF3O2/c1-22-15-14(16(26)23(2)18(22)27)25(13-6-4-3-5-12(13)11-19)17(21-15)24-9-7-20-8-10-24;3-2(4,5)1(6)7/h3-6,20H,7-10H2,1-2H3;(H,6,7). The van der Waals surface area contributed by atoms with E-state index in [0.29, 0.717) is 35.9 Å². The van der Waals surface area contributed by atoms with Gasteiger partial charge < -0.3 is 15.3 Å². The highest BCUT2D eigenvalue weighted by atomic mass is 19.4. The number of halogens is 3. The van der Waals surface area contributed by atoms with Gasteiger partial charge in [-0.2, -0.15) is 23.4 Å². The second-order valence-corrected chi connectivity index (χ2v) is 7.29. The summed E-state index contributed by atoms with van der Waals surface area (Å²) in [5.41, 5.74) is 0.739. The van der Waals surface area contributed by atoms with Crippen molar-refractivity contribution in [2.75, 3.05) is 31.1 Å².